The molecule has 0 bridgehead atoms. The third kappa shape index (κ3) is 3.50. The van der Waals surface area contributed by atoms with Gasteiger partial charge in [0, 0.05) is 18.5 Å². The highest BCUT2D eigenvalue weighted by atomic mass is 35.5. The van der Waals surface area contributed by atoms with Crippen LogP contribution in [0, 0.1) is 0 Å². The number of hydrogen-bond acceptors (Lipinski definition) is 3. The molecule has 1 heterocycles. The maximum atomic E-state index is 6.16. The molecule has 0 radical (unpaired) electrons. The standard InChI is InChI=1S/C16H19ClN2O/c1-16(12-17,13-7-4-3-5-8-13)18-11-14-9-6-10-15(19-14)20-2/h3-10,18H,11-12H2,1-2H3. The molecule has 1 aromatic carbocycles. The van der Waals surface area contributed by atoms with Crippen LogP contribution in [0.5, 0.6) is 5.88 Å². The van der Waals surface area contributed by atoms with Crippen molar-refractivity contribution in [2.24, 2.45) is 0 Å². The minimum Gasteiger partial charge on any atom is -0.481 e. The molecule has 0 spiro atoms. The Hall–Kier alpha value is -1.58. The Morgan fingerprint density at radius 2 is 1.90 bits per heavy atom. The zero-order chi connectivity index (χ0) is 14.4. The SMILES string of the molecule is COc1cccc(CNC(C)(CCl)c2ccccc2)n1. The van der Waals surface area contributed by atoms with Crippen LogP contribution in [-0.4, -0.2) is 18.0 Å². The van der Waals surface area contributed by atoms with Crippen molar-refractivity contribution in [1.29, 1.82) is 0 Å². The number of ether oxygens (including phenoxy) is 1. The summed E-state index contributed by atoms with van der Waals surface area (Å²) in [4.78, 5) is 4.39. The molecule has 0 aliphatic heterocycles. The summed E-state index contributed by atoms with van der Waals surface area (Å²) in [5.74, 6) is 1.11. The summed E-state index contributed by atoms with van der Waals surface area (Å²) in [7, 11) is 1.62. The predicted octanol–water partition coefficient (Wildman–Crippen LogP) is 3.33. The van der Waals surface area contributed by atoms with Crippen LogP contribution in [0.2, 0.25) is 0 Å². The summed E-state index contributed by atoms with van der Waals surface area (Å²) in [6.07, 6.45) is 0. The average Bonchev–Trinajstić information content (AvgIpc) is 2.53. The number of aromatic nitrogens is 1. The van der Waals surface area contributed by atoms with E-state index in [0.717, 1.165) is 11.3 Å². The van der Waals surface area contributed by atoms with Gasteiger partial charge in [-0.3, -0.25) is 0 Å². The largest absolute Gasteiger partial charge is 0.481 e. The van der Waals surface area contributed by atoms with E-state index in [0.29, 0.717) is 18.3 Å². The summed E-state index contributed by atoms with van der Waals surface area (Å²) >= 11 is 6.16. The summed E-state index contributed by atoms with van der Waals surface area (Å²) in [5, 5.41) is 3.48. The Kier molecular flexibility index (Phi) is 4.99. The van der Waals surface area contributed by atoms with Gasteiger partial charge in [0.15, 0.2) is 0 Å². The third-order valence-electron chi connectivity index (χ3n) is 3.33. The molecule has 0 saturated carbocycles. The Balaban J connectivity index is 2.10. The van der Waals surface area contributed by atoms with Crippen molar-refractivity contribution in [3.63, 3.8) is 0 Å². The number of rotatable bonds is 6. The maximum absolute atomic E-state index is 6.16. The second kappa shape index (κ2) is 6.73. The lowest BCUT2D eigenvalue weighted by molar-refractivity contribution is 0.385. The lowest BCUT2D eigenvalue weighted by atomic mass is 9.94. The van der Waals surface area contributed by atoms with Crippen LogP contribution in [0.1, 0.15) is 18.2 Å². The van der Waals surface area contributed by atoms with E-state index in [-0.39, 0.29) is 5.54 Å². The fraction of sp³-hybridized carbons (Fsp3) is 0.312. The Bertz CT molecular complexity index is 547. The van der Waals surface area contributed by atoms with Crippen molar-refractivity contribution < 1.29 is 4.74 Å². The molecule has 2 aromatic rings. The number of halogens is 1. The number of nitrogens with one attached hydrogen (secondary N) is 1. The van der Waals surface area contributed by atoms with Gasteiger partial charge in [0.2, 0.25) is 5.88 Å². The van der Waals surface area contributed by atoms with Crippen molar-refractivity contribution in [2.45, 2.75) is 19.0 Å². The van der Waals surface area contributed by atoms with E-state index in [9.17, 15) is 0 Å². The molecule has 0 aliphatic carbocycles. The van der Waals surface area contributed by atoms with Crippen LogP contribution >= 0.6 is 11.6 Å². The summed E-state index contributed by atoms with van der Waals surface area (Å²) < 4.78 is 5.13. The second-order valence-corrected chi connectivity index (χ2v) is 5.12. The molecule has 20 heavy (non-hydrogen) atoms. The van der Waals surface area contributed by atoms with Crippen molar-refractivity contribution in [3.05, 3.63) is 59.8 Å². The molecule has 1 unspecified atom stereocenters. The lowest BCUT2D eigenvalue weighted by Crippen LogP contribution is -2.41. The van der Waals surface area contributed by atoms with E-state index in [1.165, 1.54) is 0 Å². The number of hydrogen-bond donors (Lipinski definition) is 1. The van der Waals surface area contributed by atoms with Gasteiger partial charge in [0.05, 0.1) is 18.3 Å². The first-order valence-corrected chi connectivity index (χ1v) is 7.08. The molecule has 0 fully saturated rings. The Morgan fingerprint density at radius 1 is 1.15 bits per heavy atom. The number of benzene rings is 1. The van der Waals surface area contributed by atoms with Crippen LogP contribution in [0.25, 0.3) is 0 Å². The molecule has 0 aliphatic rings. The van der Waals surface area contributed by atoms with E-state index >= 15 is 0 Å². The van der Waals surface area contributed by atoms with Gasteiger partial charge in [0.1, 0.15) is 0 Å². The Labute approximate surface area is 124 Å². The summed E-state index contributed by atoms with van der Waals surface area (Å²) in [5.41, 5.74) is 1.81. The lowest BCUT2D eigenvalue weighted by Gasteiger charge is -2.29. The molecular formula is C16H19ClN2O. The van der Waals surface area contributed by atoms with Crippen molar-refractivity contribution in [1.82, 2.24) is 10.3 Å². The van der Waals surface area contributed by atoms with E-state index in [4.69, 9.17) is 16.3 Å². The van der Waals surface area contributed by atoms with Gasteiger partial charge in [-0.15, -0.1) is 11.6 Å². The van der Waals surface area contributed by atoms with Gasteiger partial charge < -0.3 is 10.1 Å². The third-order valence-corrected chi connectivity index (χ3v) is 3.86. The topological polar surface area (TPSA) is 34.1 Å². The van der Waals surface area contributed by atoms with E-state index in [1.54, 1.807) is 7.11 Å². The average molecular weight is 291 g/mol. The predicted molar refractivity (Wildman–Crippen MR) is 82.1 cm³/mol. The highest BCUT2D eigenvalue weighted by Gasteiger charge is 2.24. The first-order chi connectivity index (χ1) is 9.68. The van der Waals surface area contributed by atoms with Crippen LogP contribution in [0.15, 0.2) is 48.5 Å². The van der Waals surface area contributed by atoms with Gasteiger partial charge in [-0.2, -0.15) is 0 Å². The molecule has 2 rings (SSSR count). The molecule has 0 amide bonds. The minimum absolute atomic E-state index is 0.284. The molecule has 106 valence electrons. The van der Waals surface area contributed by atoms with Crippen molar-refractivity contribution >= 4 is 11.6 Å². The molecule has 1 N–H and O–H groups in total. The smallest absolute Gasteiger partial charge is 0.213 e. The van der Waals surface area contributed by atoms with Crippen molar-refractivity contribution in [2.75, 3.05) is 13.0 Å². The Morgan fingerprint density at radius 3 is 2.55 bits per heavy atom. The van der Waals surface area contributed by atoms with Crippen LogP contribution in [0.4, 0.5) is 0 Å². The summed E-state index contributed by atoms with van der Waals surface area (Å²) in [6, 6.07) is 15.9. The molecular weight excluding hydrogens is 272 g/mol. The number of pyridine rings is 1. The number of alkyl halides is 1. The highest BCUT2D eigenvalue weighted by Crippen LogP contribution is 2.22. The van der Waals surface area contributed by atoms with Gasteiger partial charge in [0.25, 0.3) is 0 Å². The van der Waals surface area contributed by atoms with E-state index in [1.807, 2.05) is 36.4 Å². The van der Waals surface area contributed by atoms with Gasteiger partial charge >= 0.3 is 0 Å². The first-order valence-electron chi connectivity index (χ1n) is 6.54. The van der Waals surface area contributed by atoms with Crippen molar-refractivity contribution in [3.8, 4) is 5.88 Å². The zero-order valence-electron chi connectivity index (χ0n) is 11.8. The van der Waals surface area contributed by atoms with E-state index < -0.39 is 0 Å². The van der Waals surface area contributed by atoms with Crippen LogP contribution in [-0.2, 0) is 12.1 Å². The fourth-order valence-corrected chi connectivity index (χ4v) is 2.24. The number of nitrogens with zero attached hydrogens (tertiary/aromatic N) is 1. The number of methoxy groups -OCH3 is 1. The monoisotopic (exact) mass is 290 g/mol. The van der Waals surface area contributed by atoms with Gasteiger partial charge in [-0.1, -0.05) is 36.4 Å². The summed E-state index contributed by atoms with van der Waals surface area (Å²) in [6.45, 7) is 2.73. The van der Waals surface area contributed by atoms with Crippen LogP contribution < -0.4 is 10.1 Å². The molecule has 1 atom stereocenters. The van der Waals surface area contributed by atoms with Gasteiger partial charge in [-0.05, 0) is 18.6 Å². The van der Waals surface area contributed by atoms with Gasteiger partial charge in [-0.25, -0.2) is 4.98 Å². The molecule has 1 aromatic heterocycles. The highest BCUT2D eigenvalue weighted by molar-refractivity contribution is 6.18. The maximum Gasteiger partial charge on any atom is 0.213 e. The first kappa shape index (κ1) is 14.8. The zero-order valence-corrected chi connectivity index (χ0v) is 12.5. The van der Waals surface area contributed by atoms with Crippen LogP contribution in [0.3, 0.4) is 0 Å². The quantitative estimate of drug-likeness (QED) is 0.829. The normalized spacial score (nSPS) is 13.8. The molecule has 4 heteroatoms. The molecule has 3 nitrogen and oxygen atoms in total. The molecule has 0 saturated heterocycles. The van der Waals surface area contributed by atoms with E-state index in [2.05, 4.69) is 29.4 Å². The second-order valence-electron chi connectivity index (χ2n) is 4.86. The minimum atomic E-state index is -0.284. The fourth-order valence-electron chi connectivity index (χ4n) is 1.99.